The predicted molar refractivity (Wildman–Crippen MR) is 161 cm³/mol. The highest BCUT2D eigenvalue weighted by molar-refractivity contribution is 6.24. The average molecular weight is 569 g/mol. The van der Waals surface area contributed by atoms with Gasteiger partial charge in [0.25, 0.3) is 0 Å². The van der Waals surface area contributed by atoms with Crippen molar-refractivity contribution in [3.05, 3.63) is 95.1 Å². The van der Waals surface area contributed by atoms with Crippen molar-refractivity contribution in [1.29, 1.82) is 0 Å². The first-order chi connectivity index (χ1) is 20.1. The van der Waals surface area contributed by atoms with E-state index >= 15 is 0 Å². The molecule has 1 N–H and O–H groups in total. The molecule has 1 fully saturated rings. The number of piperazine rings is 1. The SMILES string of the molecule is COC(=O)c1ccc2c(c1)NC(=O)C2C(=Nc1ccc(CN2CCN(C(=O)OC(C)(C)C)CC2)cc1)c1ccccc1. The summed E-state index contributed by atoms with van der Waals surface area (Å²) >= 11 is 0. The monoisotopic (exact) mass is 568 g/mol. The summed E-state index contributed by atoms with van der Waals surface area (Å²) in [5, 5.41) is 2.91. The fourth-order valence-corrected chi connectivity index (χ4v) is 5.17. The van der Waals surface area contributed by atoms with Crippen molar-refractivity contribution in [2.45, 2.75) is 38.8 Å². The summed E-state index contributed by atoms with van der Waals surface area (Å²) in [5.41, 5.74) is 4.56. The number of hydrogen-bond donors (Lipinski definition) is 1. The number of carbonyl (C=O) groups excluding carboxylic acids is 3. The van der Waals surface area contributed by atoms with E-state index in [2.05, 4.69) is 10.2 Å². The minimum absolute atomic E-state index is 0.197. The Bertz CT molecular complexity index is 1490. The molecule has 0 spiro atoms. The van der Waals surface area contributed by atoms with Crippen molar-refractivity contribution in [1.82, 2.24) is 9.80 Å². The van der Waals surface area contributed by atoms with E-state index in [0.717, 1.165) is 42.0 Å². The maximum Gasteiger partial charge on any atom is 0.410 e. The van der Waals surface area contributed by atoms with Crippen molar-refractivity contribution in [3.8, 4) is 0 Å². The highest BCUT2D eigenvalue weighted by atomic mass is 16.6. The molecule has 0 aliphatic carbocycles. The molecule has 9 heteroatoms. The van der Waals surface area contributed by atoms with Gasteiger partial charge in [-0.25, -0.2) is 9.59 Å². The minimum atomic E-state index is -0.630. The number of nitrogens with one attached hydrogen (secondary N) is 1. The molecule has 5 rings (SSSR count). The van der Waals surface area contributed by atoms with Gasteiger partial charge in [0.2, 0.25) is 5.91 Å². The standard InChI is InChI=1S/C33H36N4O5/c1-33(2,3)42-32(40)37-18-16-36(17-19-37)21-22-10-13-25(14-11-22)34-29(23-8-6-5-7-9-23)28-26-15-12-24(31(39)41-4)20-27(26)35-30(28)38/h5-15,20,28H,16-19,21H2,1-4H3,(H,35,38). The number of hydrogen-bond acceptors (Lipinski definition) is 7. The molecule has 0 radical (unpaired) electrons. The average Bonchev–Trinajstić information content (AvgIpc) is 3.30. The van der Waals surface area contributed by atoms with Gasteiger partial charge in [-0.1, -0.05) is 48.5 Å². The van der Waals surface area contributed by atoms with Crippen molar-refractivity contribution < 1.29 is 23.9 Å². The number of ether oxygens (including phenoxy) is 2. The molecule has 0 saturated carbocycles. The zero-order chi connectivity index (χ0) is 29.9. The maximum atomic E-state index is 13.2. The Morgan fingerprint density at radius 1 is 0.929 bits per heavy atom. The Balaban J connectivity index is 1.32. The Morgan fingerprint density at radius 2 is 1.62 bits per heavy atom. The van der Waals surface area contributed by atoms with Crippen LogP contribution in [0.5, 0.6) is 0 Å². The van der Waals surface area contributed by atoms with Gasteiger partial charge in [0.1, 0.15) is 11.5 Å². The predicted octanol–water partition coefficient (Wildman–Crippen LogP) is 5.38. The second-order valence-corrected chi connectivity index (χ2v) is 11.5. The van der Waals surface area contributed by atoms with Gasteiger partial charge >= 0.3 is 12.1 Å². The highest BCUT2D eigenvalue weighted by Gasteiger charge is 2.36. The van der Waals surface area contributed by atoms with Crippen LogP contribution in [0.2, 0.25) is 0 Å². The van der Waals surface area contributed by atoms with Crippen LogP contribution in [0.1, 0.15) is 53.7 Å². The second kappa shape index (κ2) is 12.2. The van der Waals surface area contributed by atoms with Gasteiger partial charge in [0.15, 0.2) is 0 Å². The molecule has 1 saturated heterocycles. The summed E-state index contributed by atoms with van der Waals surface area (Å²) in [5.74, 6) is -1.29. The molecule has 2 heterocycles. The van der Waals surface area contributed by atoms with Crippen LogP contribution in [0, 0.1) is 0 Å². The number of benzene rings is 3. The fourth-order valence-electron chi connectivity index (χ4n) is 5.17. The molecule has 2 aliphatic heterocycles. The Morgan fingerprint density at radius 3 is 2.26 bits per heavy atom. The molecule has 3 aromatic carbocycles. The summed E-state index contributed by atoms with van der Waals surface area (Å²) in [4.78, 5) is 46.7. The molecular weight excluding hydrogens is 532 g/mol. The van der Waals surface area contributed by atoms with Gasteiger partial charge in [-0.3, -0.25) is 14.7 Å². The zero-order valence-electron chi connectivity index (χ0n) is 24.4. The number of esters is 1. The van der Waals surface area contributed by atoms with Gasteiger partial charge in [-0.2, -0.15) is 0 Å². The molecule has 3 aromatic rings. The molecule has 0 aromatic heterocycles. The minimum Gasteiger partial charge on any atom is -0.465 e. The van der Waals surface area contributed by atoms with Gasteiger partial charge < -0.3 is 19.7 Å². The topological polar surface area (TPSA) is 101 Å². The van der Waals surface area contributed by atoms with Crippen LogP contribution in [-0.4, -0.2) is 72.4 Å². The lowest BCUT2D eigenvalue weighted by Gasteiger charge is -2.35. The largest absolute Gasteiger partial charge is 0.465 e. The van der Waals surface area contributed by atoms with Crippen molar-refractivity contribution in [2.75, 3.05) is 38.6 Å². The van der Waals surface area contributed by atoms with Crippen LogP contribution >= 0.6 is 0 Å². The van der Waals surface area contributed by atoms with Crippen molar-refractivity contribution >= 4 is 35.1 Å². The molecule has 2 amide bonds. The van der Waals surface area contributed by atoms with Gasteiger partial charge in [0, 0.05) is 38.4 Å². The number of carbonyl (C=O) groups is 3. The molecule has 218 valence electrons. The molecule has 42 heavy (non-hydrogen) atoms. The lowest BCUT2D eigenvalue weighted by molar-refractivity contribution is -0.115. The molecule has 0 bridgehead atoms. The van der Waals surface area contributed by atoms with E-state index in [-0.39, 0.29) is 12.0 Å². The lowest BCUT2D eigenvalue weighted by atomic mass is 9.90. The third kappa shape index (κ3) is 6.69. The maximum absolute atomic E-state index is 13.2. The Hall–Kier alpha value is -4.50. The first-order valence-electron chi connectivity index (χ1n) is 14.1. The summed E-state index contributed by atoms with van der Waals surface area (Å²) in [7, 11) is 1.33. The molecule has 2 aliphatic rings. The summed E-state index contributed by atoms with van der Waals surface area (Å²) in [6.45, 7) is 9.19. The van der Waals surface area contributed by atoms with Crippen molar-refractivity contribution in [3.63, 3.8) is 0 Å². The molecule has 1 unspecified atom stereocenters. The van der Waals surface area contributed by atoms with Gasteiger partial charge in [-0.05, 0) is 61.7 Å². The number of nitrogens with zero attached hydrogens (tertiary/aromatic N) is 3. The number of amides is 2. The first kappa shape index (κ1) is 29.0. The van der Waals surface area contributed by atoms with Gasteiger partial charge in [-0.15, -0.1) is 0 Å². The third-order valence-corrected chi connectivity index (χ3v) is 7.26. The smallest absolute Gasteiger partial charge is 0.410 e. The number of rotatable bonds is 6. The Kier molecular flexibility index (Phi) is 8.40. The zero-order valence-corrected chi connectivity index (χ0v) is 24.4. The quantitative estimate of drug-likeness (QED) is 0.317. The summed E-state index contributed by atoms with van der Waals surface area (Å²) in [6.07, 6.45) is -0.263. The molecular formula is C33H36N4O5. The number of anilines is 1. The van der Waals surface area contributed by atoms with Crippen LogP contribution in [0.15, 0.2) is 77.8 Å². The van der Waals surface area contributed by atoms with E-state index in [1.807, 2.05) is 75.4 Å². The number of aliphatic imine (C=N–C) groups is 1. The normalized spacial score (nSPS) is 17.4. The fraction of sp³-hybridized carbons (Fsp3) is 0.333. The molecule has 1 atom stereocenters. The second-order valence-electron chi connectivity index (χ2n) is 11.5. The van der Waals surface area contributed by atoms with Crippen LogP contribution < -0.4 is 5.32 Å². The van der Waals surface area contributed by atoms with E-state index in [4.69, 9.17) is 14.5 Å². The third-order valence-electron chi connectivity index (χ3n) is 7.26. The van der Waals surface area contributed by atoms with E-state index in [9.17, 15) is 14.4 Å². The van der Waals surface area contributed by atoms with E-state index in [1.54, 1.807) is 23.1 Å². The lowest BCUT2D eigenvalue weighted by Crippen LogP contribution is -2.49. The summed E-state index contributed by atoms with van der Waals surface area (Å²) < 4.78 is 10.3. The van der Waals surface area contributed by atoms with Gasteiger partial charge in [0.05, 0.1) is 24.1 Å². The van der Waals surface area contributed by atoms with E-state index < -0.39 is 17.5 Å². The van der Waals surface area contributed by atoms with E-state index in [1.165, 1.54) is 7.11 Å². The number of methoxy groups -OCH3 is 1. The Labute approximate surface area is 246 Å². The van der Waals surface area contributed by atoms with Crippen LogP contribution in [-0.2, 0) is 20.8 Å². The summed E-state index contributed by atoms with van der Waals surface area (Å²) in [6, 6.07) is 22.8. The van der Waals surface area contributed by atoms with Crippen LogP contribution in [0.3, 0.4) is 0 Å². The highest BCUT2D eigenvalue weighted by Crippen LogP contribution is 2.37. The first-order valence-corrected chi connectivity index (χ1v) is 14.1. The van der Waals surface area contributed by atoms with Crippen LogP contribution in [0.4, 0.5) is 16.2 Å². The van der Waals surface area contributed by atoms with Crippen LogP contribution in [0.25, 0.3) is 0 Å². The molecule has 9 nitrogen and oxygen atoms in total. The van der Waals surface area contributed by atoms with Crippen molar-refractivity contribution in [2.24, 2.45) is 4.99 Å². The number of fused-ring (bicyclic) bond motifs is 1. The van der Waals surface area contributed by atoms with E-state index in [0.29, 0.717) is 30.1 Å².